The highest BCUT2D eigenvalue weighted by atomic mass is 32.2. The van der Waals surface area contributed by atoms with Gasteiger partial charge in [-0.1, -0.05) is 23.5 Å². The Hall–Kier alpha value is -5.47. The number of hydrogen-bond donors (Lipinski definition) is 5. The Kier molecular flexibility index (Phi) is 22.7. The number of ketones is 1. The Morgan fingerprint density at radius 1 is 0.843 bits per heavy atom. The summed E-state index contributed by atoms with van der Waals surface area (Å²) >= 11 is 1.88. The average Bonchev–Trinajstić information content (AvgIpc) is 3.97. The van der Waals surface area contributed by atoms with Crippen LogP contribution in [0.5, 0.6) is 0 Å². The number of ether oxygens (including phenoxy) is 7. The lowest BCUT2D eigenvalue weighted by Crippen LogP contribution is -2.47. The van der Waals surface area contributed by atoms with Crippen LogP contribution >= 0.6 is 11.8 Å². The molecule has 388 valence electrons. The molecule has 0 aliphatic carbocycles. The van der Waals surface area contributed by atoms with Gasteiger partial charge in [-0.15, -0.1) is 5.10 Å². The lowest BCUT2D eigenvalue weighted by Gasteiger charge is -2.26. The van der Waals surface area contributed by atoms with Crippen LogP contribution in [-0.2, 0) is 55.9 Å². The molecule has 1 aromatic heterocycles. The van der Waals surface area contributed by atoms with Crippen LogP contribution in [0, 0.1) is 11.8 Å². The maximum absolute atomic E-state index is 13.9. The van der Waals surface area contributed by atoms with Crippen LogP contribution in [0.15, 0.2) is 24.4 Å². The minimum absolute atomic E-state index is 0.0102. The van der Waals surface area contributed by atoms with Gasteiger partial charge >= 0.3 is 24.2 Å². The summed E-state index contributed by atoms with van der Waals surface area (Å²) in [6, 6.07) is 3.49. The average molecular weight is 1000 g/mol. The standard InChI is InChI=1S/C48H72N8O13S/c1-46(2,3)67-42(59)36(52-45(62)69-48(7,8)9)28-38(57)34-27-32(16-17-35(34)51-44(61)68-47(4,5)6)13-12-20-66-30-33-29-56(55-54-33)19-22-64-24-26-65-25-23-63-21-18-49-40(58)15-11-10-14-39-41-37(31-70-39)50-43(60)53-41/h16-17,27,29,36-37,39,41H,10-11,14-15,18-26,28,30-31H2,1-9H3,(H,49,58)(H,51,61)(H,52,62)(H2,50,53,60)/t36-,37-,39-,41-/m0/s1. The number of nitrogens with one attached hydrogen (secondary N) is 5. The molecule has 0 unspecified atom stereocenters. The molecule has 2 aliphatic heterocycles. The van der Waals surface area contributed by atoms with E-state index in [0.29, 0.717) is 75.7 Å². The largest absolute Gasteiger partial charge is 0.458 e. The van der Waals surface area contributed by atoms with Crippen LogP contribution in [-0.4, -0.2) is 150 Å². The van der Waals surface area contributed by atoms with Crippen molar-refractivity contribution in [3.8, 4) is 11.8 Å². The van der Waals surface area contributed by atoms with E-state index in [9.17, 15) is 28.8 Å². The van der Waals surface area contributed by atoms with Crippen LogP contribution in [0.3, 0.4) is 0 Å². The van der Waals surface area contributed by atoms with Crippen molar-refractivity contribution in [2.45, 2.75) is 148 Å². The Labute approximate surface area is 415 Å². The third-order valence-corrected chi connectivity index (χ3v) is 11.3. The van der Waals surface area contributed by atoms with E-state index in [-0.39, 0.29) is 48.5 Å². The topological polar surface area (TPSA) is 258 Å². The number of anilines is 1. The van der Waals surface area contributed by atoms with Gasteiger partial charge in [-0.05, 0) is 93.4 Å². The third kappa shape index (κ3) is 22.5. The number of aromatic nitrogens is 3. The minimum atomic E-state index is -1.41. The van der Waals surface area contributed by atoms with Gasteiger partial charge in [-0.2, -0.15) is 11.8 Å². The number of esters is 1. The minimum Gasteiger partial charge on any atom is -0.458 e. The van der Waals surface area contributed by atoms with E-state index in [1.165, 1.54) is 12.1 Å². The molecule has 0 bridgehead atoms. The number of carbonyl (C=O) groups excluding carboxylic acids is 6. The number of amides is 5. The van der Waals surface area contributed by atoms with Crippen LogP contribution in [0.4, 0.5) is 20.1 Å². The molecule has 5 N–H and O–H groups in total. The summed E-state index contributed by atoms with van der Waals surface area (Å²) in [7, 11) is 0. The van der Waals surface area contributed by atoms with Gasteiger partial charge in [0, 0.05) is 41.5 Å². The molecule has 0 spiro atoms. The molecule has 5 amide bonds. The molecule has 4 atom stereocenters. The summed E-state index contributed by atoms with van der Waals surface area (Å²) in [4.78, 5) is 76.3. The van der Waals surface area contributed by atoms with Crippen molar-refractivity contribution in [2.24, 2.45) is 0 Å². The molecular formula is C48H72N8O13S. The van der Waals surface area contributed by atoms with Crippen molar-refractivity contribution in [3.63, 3.8) is 0 Å². The van der Waals surface area contributed by atoms with E-state index in [0.717, 1.165) is 25.0 Å². The first-order chi connectivity index (χ1) is 33.0. The number of urea groups is 1. The van der Waals surface area contributed by atoms with E-state index in [1.54, 1.807) is 79.3 Å². The van der Waals surface area contributed by atoms with E-state index in [2.05, 4.69) is 48.7 Å². The van der Waals surface area contributed by atoms with Crippen molar-refractivity contribution in [1.29, 1.82) is 0 Å². The molecule has 21 nitrogen and oxygen atoms in total. The van der Waals surface area contributed by atoms with Gasteiger partial charge in [0.25, 0.3) is 0 Å². The SMILES string of the molecule is CC(C)(C)OC(=O)Nc1ccc(C#CCOCc2cn(CCOCCOCCOCCNC(=O)CCCC[C@@H]3SC[C@@H]4NC(=O)N[C@@H]43)nn2)cc1C(=O)C[C@H](NC(=O)OC(C)(C)C)C(=O)OC(C)(C)C. The van der Waals surface area contributed by atoms with Crippen molar-refractivity contribution in [2.75, 3.05) is 63.9 Å². The Morgan fingerprint density at radius 2 is 1.51 bits per heavy atom. The fraction of sp³-hybridized carbons (Fsp3) is 0.667. The van der Waals surface area contributed by atoms with Crippen LogP contribution < -0.4 is 26.6 Å². The second kappa shape index (κ2) is 27.8. The summed E-state index contributed by atoms with van der Waals surface area (Å²) in [5, 5.41) is 22.5. The summed E-state index contributed by atoms with van der Waals surface area (Å²) in [6.45, 7) is 18.5. The smallest absolute Gasteiger partial charge is 0.412 e. The van der Waals surface area contributed by atoms with Gasteiger partial charge in [0.1, 0.15) is 35.1 Å². The van der Waals surface area contributed by atoms with Gasteiger partial charge in [0.15, 0.2) is 5.78 Å². The predicted molar refractivity (Wildman–Crippen MR) is 260 cm³/mol. The molecule has 2 saturated heterocycles. The van der Waals surface area contributed by atoms with E-state index >= 15 is 0 Å². The number of nitrogens with zero attached hydrogens (tertiary/aromatic N) is 3. The Balaban J connectivity index is 1.12. The summed E-state index contributed by atoms with van der Waals surface area (Å²) in [6.07, 6.45) is 2.72. The van der Waals surface area contributed by atoms with Crippen molar-refractivity contribution in [3.05, 3.63) is 41.2 Å². The summed E-state index contributed by atoms with van der Waals surface area (Å²) in [5.74, 6) is 5.36. The first-order valence-electron chi connectivity index (χ1n) is 23.6. The van der Waals surface area contributed by atoms with Crippen LogP contribution in [0.2, 0.25) is 0 Å². The van der Waals surface area contributed by atoms with Gasteiger partial charge < -0.3 is 54.4 Å². The molecule has 70 heavy (non-hydrogen) atoms. The monoisotopic (exact) mass is 1000 g/mol. The molecule has 2 fully saturated rings. The molecule has 22 heteroatoms. The highest BCUT2D eigenvalue weighted by Crippen LogP contribution is 2.33. The van der Waals surface area contributed by atoms with Gasteiger partial charge in [-0.3, -0.25) is 14.9 Å². The van der Waals surface area contributed by atoms with Crippen LogP contribution in [0.25, 0.3) is 0 Å². The zero-order valence-electron chi connectivity index (χ0n) is 42.0. The second-order valence-corrected chi connectivity index (χ2v) is 20.8. The van der Waals surface area contributed by atoms with Gasteiger partial charge in [0.05, 0.1) is 76.8 Å². The number of carbonyl (C=O) groups is 6. The van der Waals surface area contributed by atoms with E-state index in [4.69, 9.17) is 33.2 Å². The third-order valence-electron chi connectivity index (χ3n) is 9.83. The number of benzene rings is 1. The molecule has 2 aliphatic rings. The highest BCUT2D eigenvalue weighted by Gasteiger charge is 2.42. The Bertz CT molecular complexity index is 2120. The number of alkyl carbamates (subject to hydrolysis) is 1. The normalized spacial score (nSPS) is 17.0. The van der Waals surface area contributed by atoms with E-state index in [1.807, 2.05) is 11.8 Å². The summed E-state index contributed by atoms with van der Waals surface area (Å²) < 4.78 is 40.3. The highest BCUT2D eigenvalue weighted by molar-refractivity contribution is 8.00. The first kappa shape index (κ1) is 57.1. The number of Topliss-reactive ketones (excluding diaryl/α,β-unsaturated/α-hetero) is 1. The Morgan fingerprint density at radius 3 is 2.21 bits per heavy atom. The zero-order valence-corrected chi connectivity index (χ0v) is 42.8. The number of unbranched alkanes of at least 4 members (excludes halogenated alkanes) is 1. The molecule has 0 radical (unpaired) electrons. The quantitative estimate of drug-likeness (QED) is 0.0210. The maximum Gasteiger partial charge on any atom is 0.412 e. The number of fused-ring (bicyclic) bond motifs is 1. The van der Waals surface area contributed by atoms with Gasteiger partial charge in [-0.25, -0.2) is 23.9 Å². The molecule has 2 aromatic rings. The lowest BCUT2D eigenvalue weighted by molar-refractivity contribution is -0.157. The zero-order chi connectivity index (χ0) is 51.3. The fourth-order valence-electron chi connectivity index (χ4n) is 6.87. The molecule has 4 rings (SSSR count). The molecular weight excluding hydrogens is 929 g/mol. The maximum atomic E-state index is 13.9. The molecule has 1 aromatic carbocycles. The fourth-order valence-corrected chi connectivity index (χ4v) is 8.41. The summed E-state index contributed by atoms with van der Waals surface area (Å²) in [5.41, 5.74) is -1.49. The van der Waals surface area contributed by atoms with Crippen molar-refractivity contribution in [1.82, 2.24) is 36.3 Å². The lowest BCUT2D eigenvalue weighted by atomic mass is 9.99. The predicted octanol–water partition coefficient (Wildman–Crippen LogP) is 4.89. The number of thioether (sulfide) groups is 1. The molecule has 0 saturated carbocycles. The van der Waals surface area contributed by atoms with E-state index < -0.39 is 53.2 Å². The molecule has 3 heterocycles. The first-order valence-corrected chi connectivity index (χ1v) is 24.6. The second-order valence-electron chi connectivity index (χ2n) is 19.6. The number of hydrogen-bond acceptors (Lipinski definition) is 16. The van der Waals surface area contributed by atoms with Crippen LogP contribution in [0.1, 0.15) is 116 Å². The van der Waals surface area contributed by atoms with Crippen molar-refractivity contribution < 1.29 is 61.9 Å². The van der Waals surface area contributed by atoms with Crippen molar-refractivity contribution >= 4 is 53.3 Å². The number of rotatable bonds is 26. The van der Waals surface area contributed by atoms with Gasteiger partial charge in [0.2, 0.25) is 5.91 Å².